The van der Waals surface area contributed by atoms with Gasteiger partial charge in [-0.05, 0) is 49.8 Å². The van der Waals surface area contributed by atoms with Crippen molar-refractivity contribution in [1.29, 1.82) is 0 Å². The third kappa shape index (κ3) is 14.1. The number of methoxy groups -OCH3 is 1. The number of nitrogens with zero attached hydrogens (tertiary/aromatic N) is 8. The molecular formula is C58H58N12O12S6. The number of rotatable bonds is 14. The van der Waals surface area contributed by atoms with Gasteiger partial charge in [-0.2, -0.15) is 0 Å². The maximum Gasteiger partial charge on any atom is 0.306 e. The summed E-state index contributed by atoms with van der Waals surface area (Å²) in [4.78, 5) is 144. The number of hydrogen-bond acceptors (Lipinski definition) is 23. The van der Waals surface area contributed by atoms with Crippen molar-refractivity contribution in [3.05, 3.63) is 111 Å². The smallest absolute Gasteiger partial charge is 0.306 e. The lowest BCUT2D eigenvalue weighted by Gasteiger charge is -2.23. The number of anilines is 1. The first-order chi connectivity index (χ1) is 42.3. The number of Topliss-reactive ketones (excluding diaryl/α,β-unsaturated/α-hetero) is 1. The van der Waals surface area contributed by atoms with E-state index in [4.69, 9.17) is 39.6 Å². The second kappa shape index (κ2) is 27.6. The minimum atomic E-state index is -1.30. The molecule has 0 saturated heterocycles. The number of aryl methyl sites for hydroxylation is 1. The fourth-order valence-corrected chi connectivity index (χ4v) is 15.8. The molecule has 1 aliphatic heterocycles. The number of aliphatic hydroxyl groups is 1. The van der Waals surface area contributed by atoms with E-state index in [0.29, 0.717) is 86.5 Å². The number of carbonyl (C=O) groups excluding carboxylic acids is 6. The maximum atomic E-state index is 14.4. The van der Waals surface area contributed by atoms with Gasteiger partial charge in [0.25, 0.3) is 11.8 Å². The Balaban J connectivity index is 1.05. The Morgan fingerprint density at radius 3 is 2.17 bits per heavy atom. The van der Waals surface area contributed by atoms with E-state index in [-0.39, 0.29) is 73.4 Å². The summed E-state index contributed by atoms with van der Waals surface area (Å²) in [5.74, 6) is -7.07. The van der Waals surface area contributed by atoms with E-state index >= 15 is 0 Å². The molecule has 0 spiro atoms. The van der Waals surface area contributed by atoms with Gasteiger partial charge in [0.05, 0.1) is 53.5 Å². The van der Waals surface area contributed by atoms with Gasteiger partial charge < -0.3 is 41.3 Å². The van der Waals surface area contributed by atoms with Gasteiger partial charge in [-0.1, -0.05) is 44.2 Å². The number of ketones is 1. The Hall–Kier alpha value is -7.97. The van der Waals surface area contributed by atoms with E-state index in [9.17, 15) is 53.7 Å². The van der Waals surface area contributed by atoms with Gasteiger partial charge in [0.2, 0.25) is 17.7 Å². The van der Waals surface area contributed by atoms with Crippen LogP contribution in [-0.4, -0.2) is 125 Å². The summed E-state index contributed by atoms with van der Waals surface area (Å²) in [5.41, 5.74) is 2.46. The van der Waals surface area contributed by atoms with Crippen LogP contribution in [0.2, 0.25) is 0 Å². The number of nitrogens with one attached hydrogen (secondary N) is 4. The molecule has 6 atom stereocenters. The van der Waals surface area contributed by atoms with Crippen LogP contribution in [0.3, 0.4) is 0 Å². The van der Waals surface area contributed by atoms with Gasteiger partial charge in [-0.3, -0.25) is 43.3 Å². The molecule has 1 unspecified atom stereocenters. The molecule has 30 heteroatoms. The quantitative estimate of drug-likeness (QED) is 0.0536. The van der Waals surface area contributed by atoms with Crippen LogP contribution in [0.15, 0.2) is 64.0 Å². The first-order valence-corrected chi connectivity index (χ1v) is 32.8. The number of carbonyl (C=O) groups is 8. The molecular weight excluding hydrogens is 1250 g/mol. The average molecular weight is 1310 g/mol. The van der Waals surface area contributed by atoms with Gasteiger partial charge in [-0.15, -0.1) is 68.0 Å². The van der Waals surface area contributed by atoms with Crippen molar-refractivity contribution in [2.24, 2.45) is 17.8 Å². The highest BCUT2D eigenvalue weighted by Crippen LogP contribution is 2.42. The zero-order valence-corrected chi connectivity index (χ0v) is 52.7. The van der Waals surface area contributed by atoms with Crippen LogP contribution in [0.25, 0.3) is 43.4 Å². The van der Waals surface area contributed by atoms with Crippen LogP contribution < -0.4 is 26.2 Å². The number of aliphatic carboxylic acids is 2. The molecule has 7 aromatic heterocycles. The summed E-state index contributed by atoms with van der Waals surface area (Å²) in [5, 5.41) is 51.2. The zero-order valence-electron chi connectivity index (χ0n) is 47.8. The van der Waals surface area contributed by atoms with Gasteiger partial charge in [-0.25, -0.2) is 34.9 Å². The first kappa shape index (κ1) is 63.1. The number of pyridine rings is 1. The molecule has 88 heavy (non-hydrogen) atoms. The summed E-state index contributed by atoms with van der Waals surface area (Å²) in [6, 6.07) is 10.0. The summed E-state index contributed by atoms with van der Waals surface area (Å²) < 4.78 is 5.47. The van der Waals surface area contributed by atoms with E-state index in [0.717, 1.165) is 34.0 Å². The van der Waals surface area contributed by atoms with Gasteiger partial charge >= 0.3 is 11.9 Å². The summed E-state index contributed by atoms with van der Waals surface area (Å²) in [6.07, 6.45) is -1.23. The minimum Gasteiger partial charge on any atom is -0.481 e. The first-order valence-electron chi connectivity index (χ1n) is 27.7. The third-order valence-corrected chi connectivity index (χ3v) is 20.6. The molecule has 1 aliphatic carbocycles. The van der Waals surface area contributed by atoms with E-state index in [1.54, 1.807) is 70.9 Å². The Kier molecular flexibility index (Phi) is 19.8. The highest BCUT2D eigenvalue weighted by atomic mass is 32.1. The van der Waals surface area contributed by atoms with Crippen LogP contribution in [-0.2, 0) is 35.3 Å². The topological polar surface area (TPSA) is 348 Å². The maximum absolute atomic E-state index is 14.4. The Morgan fingerprint density at radius 1 is 0.739 bits per heavy atom. The van der Waals surface area contributed by atoms with Crippen LogP contribution in [0.1, 0.15) is 138 Å². The van der Waals surface area contributed by atoms with Crippen molar-refractivity contribution in [3.8, 4) is 43.4 Å². The molecule has 8 aromatic rings. The second-order valence-electron chi connectivity index (χ2n) is 21.1. The largest absolute Gasteiger partial charge is 0.481 e. The van der Waals surface area contributed by atoms with E-state index in [1.165, 1.54) is 53.1 Å². The van der Waals surface area contributed by atoms with Gasteiger partial charge in [0.15, 0.2) is 5.78 Å². The average Bonchev–Trinajstić information content (AvgIpc) is 2.54. The van der Waals surface area contributed by atoms with Crippen LogP contribution in [0.5, 0.6) is 0 Å². The zero-order chi connectivity index (χ0) is 62.5. The highest BCUT2D eigenvalue weighted by molar-refractivity contribution is 7.15. The number of aliphatic hydroxyl groups excluding tert-OH is 1. The van der Waals surface area contributed by atoms with E-state index in [1.807, 2.05) is 13.8 Å². The normalized spacial score (nSPS) is 18.7. The number of amides is 5. The van der Waals surface area contributed by atoms with Crippen molar-refractivity contribution in [3.63, 3.8) is 0 Å². The van der Waals surface area contributed by atoms with Crippen molar-refractivity contribution in [2.45, 2.75) is 90.0 Å². The molecule has 2 aliphatic rings. The molecule has 8 heterocycles. The van der Waals surface area contributed by atoms with E-state index < -0.39 is 84.0 Å². The molecule has 1 saturated carbocycles. The van der Waals surface area contributed by atoms with Crippen LogP contribution >= 0.6 is 68.0 Å². The minimum absolute atomic E-state index is 0.00415. The van der Waals surface area contributed by atoms with Crippen molar-refractivity contribution < 1.29 is 58.4 Å². The Bertz CT molecular complexity index is 3950. The van der Waals surface area contributed by atoms with Gasteiger partial charge in [0.1, 0.15) is 77.2 Å². The number of fused-ring (bicyclic) bond motifs is 14. The number of thiazole rings is 6. The Morgan fingerprint density at radius 2 is 1.44 bits per heavy atom. The monoisotopic (exact) mass is 1310 g/mol. The molecule has 24 nitrogen and oxygen atoms in total. The molecule has 1 fully saturated rings. The van der Waals surface area contributed by atoms with Gasteiger partial charge in [0, 0.05) is 70.9 Å². The molecule has 10 rings (SSSR count). The predicted molar refractivity (Wildman–Crippen MR) is 331 cm³/mol. The SMILES string of the molecule is CNC(=O)C[C@@H]1NC(=O)c2csc(n2)-c2ccc(-c3nc(N(CCC(=O)O)C(=O)[C@@H]4CC[C@@H](C(=O)O)C4)cs3)nc2-c2csc(n2)-c2csc(n2)[C@H]([C@@H](O)c2ccccc2)NC(=O)CNC(=O)c2nc(sc2COC)C(C(C)C)CC(=O)c2nc1sc2C. The molecule has 10 bridgehead atoms. The number of carboxylic acid groups (broad SMARTS) is 2. The number of ether oxygens (including phenoxy) is 1. The van der Waals surface area contributed by atoms with Crippen molar-refractivity contribution in [2.75, 3.05) is 32.1 Å². The lowest BCUT2D eigenvalue weighted by molar-refractivity contribution is -0.141. The summed E-state index contributed by atoms with van der Waals surface area (Å²) >= 11 is 7.06. The molecule has 7 N–H and O–H groups in total. The lowest BCUT2D eigenvalue weighted by Crippen LogP contribution is -2.40. The predicted octanol–water partition coefficient (Wildman–Crippen LogP) is 8.51. The number of benzene rings is 1. The summed E-state index contributed by atoms with van der Waals surface area (Å²) in [6.45, 7) is 4.88. The molecule has 1 aromatic carbocycles. The molecule has 5 amide bonds. The molecule has 0 radical (unpaired) electrons. The fraction of sp³-hybridized carbons (Fsp3) is 0.362. The Labute approximate surface area is 527 Å². The number of carboxylic acids is 2. The van der Waals surface area contributed by atoms with Crippen molar-refractivity contribution in [1.82, 2.24) is 56.2 Å². The molecule has 458 valence electrons. The number of hydrogen-bond donors (Lipinski definition) is 7. The fourth-order valence-electron chi connectivity index (χ4n) is 10.2. The third-order valence-electron chi connectivity index (χ3n) is 14.8. The van der Waals surface area contributed by atoms with Crippen LogP contribution in [0.4, 0.5) is 5.82 Å². The lowest BCUT2D eigenvalue weighted by atomic mass is 9.90. The van der Waals surface area contributed by atoms with Crippen LogP contribution in [0, 0.1) is 24.7 Å². The summed E-state index contributed by atoms with van der Waals surface area (Å²) in [7, 11) is 2.94. The second-order valence-corrected chi connectivity index (χ2v) is 26.9. The standard InChI is InChI=1S/C58H58N12O12S6/c1-26(2)32-18-38(71)44-27(3)87-55(68-44)34(19-41(72)59-4)62-49(77)36-23-83-51(64-36)31-13-14-33(53-66-40(25-86-53)70(16-15-43(74)75)57(79)29-11-12-30(17-29)58(80)81)61-45(31)35-22-84-54(63-35)37-24-85-56(65-37)47(48(76)28-9-7-6-8-10-28)67-42(73)20-60-50(78)46-39(21-82-5)88-52(32)69-46/h6-10,13-14,22-26,29-30,32,34,47-48,76H,11-12,15-21H2,1-5H3,(H,59,72)(H,60,78)(H,62,77)(H,67,73)(H,74,75)(H,80,81)/t29-,30-,32?,34+,47+,48+/m1/s1. The highest BCUT2D eigenvalue weighted by Gasteiger charge is 2.38. The van der Waals surface area contributed by atoms with E-state index in [2.05, 4.69) is 21.3 Å². The number of aromatic nitrogens is 7. The van der Waals surface area contributed by atoms with Crippen molar-refractivity contribution >= 4 is 121 Å².